The summed E-state index contributed by atoms with van der Waals surface area (Å²) in [6.07, 6.45) is 0. The van der Waals surface area contributed by atoms with Crippen molar-refractivity contribution >= 4 is 15.9 Å². The first-order valence-electron chi connectivity index (χ1n) is 4.80. The van der Waals surface area contributed by atoms with Crippen LogP contribution in [0.1, 0.15) is 18.5 Å². The normalized spacial score (nSPS) is 12.1. The zero-order valence-corrected chi connectivity index (χ0v) is 11.4. The van der Waals surface area contributed by atoms with E-state index in [1.807, 2.05) is 6.92 Å². The molecule has 0 bridgehead atoms. The summed E-state index contributed by atoms with van der Waals surface area (Å²) in [5.74, 6) is 1.91. The SMILES string of the molecule is COc1cc(OC)c(C(C)N)c(Br)c1OC. The van der Waals surface area contributed by atoms with E-state index in [-0.39, 0.29) is 6.04 Å². The molecule has 0 spiro atoms. The molecule has 0 aliphatic heterocycles. The van der Waals surface area contributed by atoms with E-state index in [0.717, 1.165) is 10.0 Å². The Hall–Kier alpha value is -0.940. The third kappa shape index (κ3) is 2.25. The predicted molar refractivity (Wildman–Crippen MR) is 66.4 cm³/mol. The molecule has 0 aliphatic rings. The van der Waals surface area contributed by atoms with E-state index in [9.17, 15) is 0 Å². The fraction of sp³-hybridized carbons (Fsp3) is 0.455. The standard InChI is InChI=1S/C11H16BrNO3/c1-6(13)9-7(14-2)5-8(15-3)11(16-4)10(9)12/h5-6H,13H2,1-4H3. The van der Waals surface area contributed by atoms with Crippen molar-refractivity contribution in [2.75, 3.05) is 21.3 Å². The van der Waals surface area contributed by atoms with E-state index >= 15 is 0 Å². The fourth-order valence-electron chi connectivity index (χ4n) is 1.54. The largest absolute Gasteiger partial charge is 0.496 e. The molecule has 0 heterocycles. The van der Waals surface area contributed by atoms with Crippen molar-refractivity contribution in [3.8, 4) is 17.2 Å². The van der Waals surface area contributed by atoms with E-state index in [2.05, 4.69) is 15.9 Å². The van der Waals surface area contributed by atoms with Gasteiger partial charge in [-0.15, -0.1) is 0 Å². The molecule has 16 heavy (non-hydrogen) atoms. The highest BCUT2D eigenvalue weighted by atomic mass is 79.9. The van der Waals surface area contributed by atoms with Gasteiger partial charge in [-0.25, -0.2) is 0 Å². The van der Waals surface area contributed by atoms with Crippen molar-refractivity contribution in [2.24, 2.45) is 5.73 Å². The van der Waals surface area contributed by atoms with Crippen LogP contribution in [0.4, 0.5) is 0 Å². The summed E-state index contributed by atoms with van der Waals surface area (Å²) in [6, 6.07) is 1.60. The Morgan fingerprint density at radius 3 is 2.06 bits per heavy atom. The highest BCUT2D eigenvalue weighted by Crippen LogP contribution is 2.44. The molecule has 1 rings (SSSR count). The van der Waals surface area contributed by atoms with Crippen LogP contribution in [-0.2, 0) is 0 Å². The molecule has 5 heteroatoms. The maximum Gasteiger partial charge on any atom is 0.175 e. The molecular weight excluding hydrogens is 274 g/mol. The van der Waals surface area contributed by atoms with Crippen LogP contribution in [0, 0.1) is 0 Å². The lowest BCUT2D eigenvalue weighted by Crippen LogP contribution is -2.09. The predicted octanol–water partition coefficient (Wildman–Crippen LogP) is 2.49. The lowest BCUT2D eigenvalue weighted by Gasteiger charge is -2.18. The minimum Gasteiger partial charge on any atom is -0.496 e. The maximum atomic E-state index is 5.90. The van der Waals surface area contributed by atoms with Crippen molar-refractivity contribution in [1.29, 1.82) is 0 Å². The first-order chi connectivity index (χ1) is 7.56. The van der Waals surface area contributed by atoms with Crippen LogP contribution in [-0.4, -0.2) is 21.3 Å². The van der Waals surface area contributed by atoms with E-state index in [0.29, 0.717) is 17.2 Å². The van der Waals surface area contributed by atoms with Gasteiger partial charge in [0.25, 0.3) is 0 Å². The zero-order valence-electron chi connectivity index (χ0n) is 9.83. The first-order valence-corrected chi connectivity index (χ1v) is 5.60. The summed E-state index contributed by atoms with van der Waals surface area (Å²) in [5.41, 5.74) is 6.76. The van der Waals surface area contributed by atoms with Crippen molar-refractivity contribution in [1.82, 2.24) is 0 Å². The summed E-state index contributed by atoms with van der Waals surface area (Å²) >= 11 is 3.46. The number of nitrogens with two attached hydrogens (primary N) is 1. The lowest BCUT2D eigenvalue weighted by atomic mass is 10.1. The van der Waals surface area contributed by atoms with Crippen molar-refractivity contribution in [3.05, 3.63) is 16.1 Å². The van der Waals surface area contributed by atoms with Gasteiger partial charge in [-0.05, 0) is 22.9 Å². The van der Waals surface area contributed by atoms with Crippen LogP contribution < -0.4 is 19.9 Å². The summed E-state index contributed by atoms with van der Waals surface area (Å²) < 4.78 is 16.5. The van der Waals surface area contributed by atoms with Crippen LogP contribution in [0.2, 0.25) is 0 Å². The average molecular weight is 290 g/mol. The molecule has 0 saturated carbocycles. The summed E-state index contributed by atoms with van der Waals surface area (Å²) in [6.45, 7) is 1.88. The van der Waals surface area contributed by atoms with Gasteiger partial charge in [-0.1, -0.05) is 0 Å². The van der Waals surface area contributed by atoms with E-state index in [1.165, 1.54) is 0 Å². The second kappa shape index (κ2) is 5.41. The lowest BCUT2D eigenvalue weighted by molar-refractivity contribution is 0.344. The van der Waals surface area contributed by atoms with Crippen LogP contribution in [0.15, 0.2) is 10.5 Å². The number of methoxy groups -OCH3 is 3. The molecular formula is C11H16BrNO3. The Morgan fingerprint density at radius 1 is 1.12 bits per heavy atom. The van der Waals surface area contributed by atoms with Crippen molar-refractivity contribution < 1.29 is 14.2 Å². The Bertz CT molecular complexity index is 380. The molecule has 90 valence electrons. The van der Waals surface area contributed by atoms with Gasteiger partial charge in [0.05, 0.1) is 25.8 Å². The average Bonchev–Trinajstić information content (AvgIpc) is 2.26. The third-order valence-corrected chi connectivity index (χ3v) is 3.07. The van der Waals surface area contributed by atoms with Crippen molar-refractivity contribution in [3.63, 3.8) is 0 Å². The number of halogens is 1. The van der Waals surface area contributed by atoms with Gasteiger partial charge in [-0.2, -0.15) is 0 Å². The van der Waals surface area contributed by atoms with Gasteiger partial charge in [-0.3, -0.25) is 0 Å². The number of hydrogen-bond donors (Lipinski definition) is 1. The minimum atomic E-state index is -0.163. The number of rotatable bonds is 4. The van der Waals surface area contributed by atoms with Crippen LogP contribution >= 0.6 is 15.9 Å². The Labute approximate surface area is 104 Å². The number of ether oxygens (including phenoxy) is 3. The summed E-state index contributed by atoms with van der Waals surface area (Å²) in [7, 11) is 4.76. The summed E-state index contributed by atoms with van der Waals surface area (Å²) in [5, 5.41) is 0. The van der Waals surface area contributed by atoms with E-state index in [1.54, 1.807) is 27.4 Å². The molecule has 0 radical (unpaired) electrons. The topological polar surface area (TPSA) is 53.7 Å². The monoisotopic (exact) mass is 289 g/mol. The molecule has 0 fully saturated rings. The minimum absolute atomic E-state index is 0.163. The van der Waals surface area contributed by atoms with E-state index < -0.39 is 0 Å². The van der Waals surface area contributed by atoms with Gasteiger partial charge in [0.2, 0.25) is 0 Å². The molecule has 1 aromatic rings. The molecule has 0 amide bonds. The molecule has 4 nitrogen and oxygen atoms in total. The van der Waals surface area contributed by atoms with Gasteiger partial charge in [0.1, 0.15) is 5.75 Å². The van der Waals surface area contributed by atoms with Crippen LogP contribution in [0.3, 0.4) is 0 Å². The molecule has 1 aromatic carbocycles. The van der Waals surface area contributed by atoms with Gasteiger partial charge < -0.3 is 19.9 Å². The maximum absolute atomic E-state index is 5.90. The molecule has 0 saturated heterocycles. The van der Waals surface area contributed by atoms with Gasteiger partial charge in [0.15, 0.2) is 11.5 Å². The molecule has 0 aromatic heterocycles. The van der Waals surface area contributed by atoms with Crippen LogP contribution in [0.25, 0.3) is 0 Å². The molecule has 1 unspecified atom stereocenters. The Balaban J connectivity index is 3.48. The molecule has 1 atom stereocenters. The smallest absolute Gasteiger partial charge is 0.175 e. The van der Waals surface area contributed by atoms with Gasteiger partial charge in [0, 0.05) is 17.7 Å². The van der Waals surface area contributed by atoms with E-state index in [4.69, 9.17) is 19.9 Å². The van der Waals surface area contributed by atoms with Crippen LogP contribution in [0.5, 0.6) is 17.2 Å². The zero-order chi connectivity index (χ0) is 12.3. The fourth-order valence-corrected chi connectivity index (χ4v) is 2.45. The second-order valence-corrected chi connectivity index (χ2v) is 4.12. The summed E-state index contributed by atoms with van der Waals surface area (Å²) in [4.78, 5) is 0. The van der Waals surface area contributed by atoms with Gasteiger partial charge >= 0.3 is 0 Å². The highest BCUT2D eigenvalue weighted by molar-refractivity contribution is 9.10. The number of hydrogen-bond acceptors (Lipinski definition) is 4. The quantitative estimate of drug-likeness (QED) is 0.925. The highest BCUT2D eigenvalue weighted by Gasteiger charge is 2.20. The molecule has 2 N–H and O–H groups in total. The third-order valence-electron chi connectivity index (χ3n) is 2.29. The second-order valence-electron chi connectivity index (χ2n) is 3.33. The van der Waals surface area contributed by atoms with Crippen molar-refractivity contribution in [2.45, 2.75) is 13.0 Å². The number of benzene rings is 1. The molecule has 0 aliphatic carbocycles. The Morgan fingerprint density at radius 2 is 1.69 bits per heavy atom. The Kier molecular flexibility index (Phi) is 4.44. The first kappa shape index (κ1) is 13.1.